The highest BCUT2D eigenvalue weighted by atomic mass is 32.2. The summed E-state index contributed by atoms with van der Waals surface area (Å²) in [5, 5.41) is 0.343. The number of hydrogen-bond acceptors (Lipinski definition) is 3. The van der Waals surface area contributed by atoms with Crippen molar-refractivity contribution in [2.75, 3.05) is 12.4 Å². The summed E-state index contributed by atoms with van der Waals surface area (Å²) in [6.45, 7) is 4.66. The number of rotatable bonds is 14. The lowest BCUT2D eigenvalue weighted by Gasteiger charge is -2.16. The van der Waals surface area contributed by atoms with E-state index >= 15 is 0 Å². The lowest BCUT2D eigenvalue weighted by molar-refractivity contribution is -0.143. The van der Waals surface area contributed by atoms with Crippen LogP contribution in [0, 0.1) is 0 Å². The Morgan fingerprint density at radius 2 is 1.81 bits per heavy atom. The maximum absolute atomic E-state index is 12.0. The smallest absolute Gasteiger partial charge is 0.305 e. The first-order valence-corrected chi connectivity index (χ1v) is 9.20. The molecule has 0 aromatic heterocycles. The topological polar surface area (TPSA) is 26.3 Å². The van der Waals surface area contributed by atoms with Crippen LogP contribution in [0.25, 0.3) is 0 Å². The molecular weight excluding hydrogens is 294 g/mol. The van der Waals surface area contributed by atoms with Crippen molar-refractivity contribution < 1.29 is 18.3 Å². The minimum Gasteiger partial charge on any atom is -0.464 e. The zero-order valence-electron chi connectivity index (χ0n) is 13.4. The number of hydrogen-bond donors (Lipinski definition) is 0. The van der Waals surface area contributed by atoms with Crippen molar-refractivity contribution in [1.82, 2.24) is 0 Å². The molecule has 0 bridgehead atoms. The van der Waals surface area contributed by atoms with Gasteiger partial charge in [-0.1, -0.05) is 33.1 Å². The van der Waals surface area contributed by atoms with Crippen LogP contribution in [-0.4, -0.2) is 30.0 Å². The molecule has 5 heteroatoms. The summed E-state index contributed by atoms with van der Waals surface area (Å²) in [5.41, 5.74) is 0. The fourth-order valence-corrected chi connectivity index (χ4v) is 3.21. The second kappa shape index (κ2) is 14.6. The third-order valence-electron chi connectivity index (χ3n) is 3.20. The molecule has 2 nitrogen and oxygen atoms in total. The quantitative estimate of drug-likeness (QED) is 0.314. The molecule has 0 spiro atoms. The van der Waals surface area contributed by atoms with Gasteiger partial charge in [-0.3, -0.25) is 4.79 Å². The van der Waals surface area contributed by atoms with Crippen LogP contribution in [0.4, 0.5) is 8.78 Å². The Labute approximate surface area is 132 Å². The fraction of sp³-hybridized carbons (Fsp3) is 0.938. The summed E-state index contributed by atoms with van der Waals surface area (Å²) >= 11 is 1.81. The number of alkyl halides is 2. The SMILES string of the molecule is CCCCC(=O)OCC(CCC)SCCCCCC(F)F. The van der Waals surface area contributed by atoms with Gasteiger partial charge < -0.3 is 4.74 Å². The van der Waals surface area contributed by atoms with Crippen LogP contribution >= 0.6 is 11.8 Å². The van der Waals surface area contributed by atoms with Crippen LogP contribution in [-0.2, 0) is 9.53 Å². The van der Waals surface area contributed by atoms with Gasteiger partial charge in [-0.25, -0.2) is 8.78 Å². The molecule has 0 aromatic rings. The summed E-state index contributed by atoms with van der Waals surface area (Å²) < 4.78 is 29.3. The lowest BCUT2D eigenvalue weighted by atomic mass is 10.2. The summed E-state index contributed by atoms with van der Waals surface area (Å²) in [6, 6.07) is 0. The number of carbonyl (C=O) groups excluding carboxylic acids is 1. The van der Waals surface area contributed by atoms with E-state index in [9.17, 15) is 13.6 Å². The highest BCUT2D eigenvalue weighted by Gasteiger charge is 2.11. The Bertz CT molecular complexity index is 250. The molecule has 0 aliphatic rings. The van der Waals surface area contributed by atoms with Gasteiger partial charge in [-0.15, -0.1) is 0 Å². The minimum atomic E-state index is -2.17. The molecule has 0 N–H and O–H groups in total. The fourth-order valence-electron chi connectivity index (χ4n) is 1.94. The normalized spacial score (nSPS) is 12.6. The van der Waals surface area contributed by atoms with Gasteiger partial charge in [-0.05, 0) is 31.4 Å². The van der Waals surface area contributed by atoms with Gasteiger partial charge in [0.05, 0.1) is 0 Å². The van der Waals surface area contributed by atoms with E-state index in [1.54, 1.807) is 11.8 Å². The van der Waals surface area contributed by atoms with Crippen LogP contribution < -0.4 is 0 Å². The van der Waals surface area contributed by atoms with Gasteiger partial charge in [0.2, 0.25) is 6.43 Å². The number of ether oxygens (including phenoxy) is 1. The van der Waals surface area contributed by atoms with Crippen LogP contribution in [0.2, 0.25) is 0 Å². The van der Waals surface area contributed by atoms with Gasteiger partial charge in [0.25, 0.3) is 0 Å². The molecule has 0 amide bonds. The molecule has 126 valence electrons. The van der Waals surface area contributed by atoms with E-state index in [0.717, 1.165) is 44.3 Å². The van der Waals surface area contributed by atoms with Crippen molar-refractivity contribution in [2.24, 2.45) is 0 Å². The van der Waals surface area contributed by atoms with Gasteiger partial charge in [0, 0.05) is 18.1 Å². The van der Waals surface area contributed by atoms with E-state index < -0.39 is 6.43 Å². The molecule has 0 fully saturated rings. The molecule has 0 heterocycles. The Morgan fingerprint density at radius 1 is 1.05 bits per heavy atom. The maximum Gasteiger partial charge on any atom is 0.305 e. The van der Waals surface area contributed by atoms with Crippen molar-refractivity contribution >= 4 is 17.7 Å². The minimum absolute atomic E-state index is 0.0120. The van der Waals surface area contributed by atoms with E-state index in [1.807, 2.05) is 0 Å². The predicted octanol–water partition coefficient (Wildman–Crippen LogP) is 5.45. The molecule has 0 aliphatic carbocycles. The first kappa shape index (κ1) is 20.7. The first-order valence-electron chi connectivity index (χ1n) is 8.15. The first-order chi connectivity index (χ1) is 10.1. The van der Waals surface area contributed by atoms with E-state index in [4.69, 9.17) is 4.74 Å². The Kier molecular flexibility index (Phi) is 14.4. The second-order valence-electron chi connectivity index (χ2n) is 5.31. The molecule has 1 atom stereocenters. The molecule has 0 saturated carbocycles. The molecule has 1 unspecified atom stereocenters. The zero-order chi connectivity index (χ0) is 15.9. The predicted molar refractivity (Wildman–Crippen MR) is 86.1 cm³/mol. The van der Waals surface area contributed by atoms with Crippen LogP contribution in [0.1, 0.15) is 71.6 Å². The standard InChI is InChI=1S/C16H30F2O2S/c1-3-5-11-16(19)20-13-14(9-4-2)21-12-8-6-7-10-15(17)18/h14-15H,3-13H2,1-2H3. The van der Waals surface area contributed by atoms with Crippen molar-refractivity contribution in [3.63, 3.8) is 0 Å². The van der Waals surface area contributed by atoms with Crippen LogP contribution in [0.3, 0.4) is 0 Å². The van der Waals surface area contributed by atoms with E-state index in [0.29, 0.717) is 24.7 Å². The lowest BCUT2D eigenvalue weighted by Crippen LogP contribution is -2.16. The van der Waals surface area contributed by atoms with E-state index in [2.05, 4.69) is 13.8 Å². The zero-order valence-corrected chi connectivity index (χ0v) is 14.2. The van der Waals surface area contributed by atoms with Crippen LogP contribution in [0.15, 0.2) is 0 Å². The number of esters is 1. The van der Waals surface area contributed by atoms with Gasteiger partial charge in [0.1, 0.15) is 6.61 Å². The third-order valence-corrected chi connectivity index (χ3v) is 4.56. The average Bonchev–Trinajstić information content (AvgIpc) is 2.45. The highest BCUT2D eigenvalue weighted by Crippen LogP contribution is 2.20. The average molecular weight is 324 g/mol. The second-order valence-corrected chi connectivity index (χ2v) is 6.72. The molecule has 0 saturated heterocycles. The molecule has 21 heavy (non-hydrogen) atoms. The summed E-state index contributed by atoms with van der Waals surface area (Å²) in [5.74, 6) is 0.857. The number of carbonyl (C=O) groups is 1. The summed E-state index contributed by atoms with van der Waals surface area (Å²) in [6.07, 6.45) is 4.74. The molecular formula is C16H30F2O2S. The van der Waals surface area contributed by atoms with Gasteiger partial charge in [-0.2, -0.15) is 11.8 Å². The van der Waals surface area contributed by atoms with E-state index in [1.165, 1.54) is 0 Å². The summed E-state index contributed by atoms with van der Waals surface area (Å²) in [4.78, 5) is 11.5. The molecule has 0 rings (SSSR count). The molecule has 0 aliphatic heterocycles. The number of halogens is 2. The Hall–Kier alpha value is -0.320. The third kappa shape index (κ3) is 14.4. The highest BCUT2D eigenvalue weighted by molar-refractivity contribution is 7.99. The van der Waals surface area contributed by atoms with Gasteiger partial charge in [0.15, 0.2) is 0 Å². The number of unbranched alkanes of at least 4 members (excludes halogenated alkanes) is 3. The van der Waals surface area contributed by atoms with Crippen molar-refractivity contribution in [1.29, 1.82) is 0 Å². The number of thioether (sulfide) groups is 1. The largest absolute Gasteiger partial charge is 0.464 e. The monoisotopic (exact) mass is 324 g/mol. The van der Waals surface area contributed by atoms with Crippen molar-refractivity contribution in [3.05, 3.63) is 0 Å². The Balaban J connectivity index is 3.68. The molecule has 0 aromatic carbocycles. The van der Waals surface area contributed by atoms with Gasteiger partial charge >= 0.3 is 5.97 Å². The van der Waals surface area contributed by atoms with Crippen molar-refractivity contribution in [3.8, 4) is 0 Å². The van der Waals surface area contributed by atoms with Crippen LogP contribution in [0.5, 0.6) is 0 Å². The maximum atomic E-state index is 12.0. The van der Waals surface area contributed by atoms with Crippen molar-refractivity contribution in [2.45, 2.75) is 83.3 Å². The summed E-state index contributed by atoms with van der Waals surface area (Å²) in [7, 11) is 0. The van der Waals surface area contributed by atoms with E-state index in [-0.39, 0.29) is 12.4 Å². The Morgan fingerprint density at radius 3 is 2.43 bits per heavy atom. The molecule has 0 radical (unpaired) electrons.